The molecule has 2 N–H and O–H groups in total. The molecule has 2 aromatic carbocycles. The van der Waals surface area contributed by atoms with Gasteiger partial charge in [-0.1, -0.05) is 18.2 Å². The number of H-pyrrole nitrogens is 1. The first-order valence-electron chi connectivity index (χ1n) is 6.88. The van der Waals surface area contributed by atoms with E-state index < -0.39 is 0 Å². The lowest BCUT2D eigenvalue weighted by molar-refractivity contribution is 0.0927. The topological polar surface area (TPSA) is 67.0 Å². The van der Waals surface area contributed by atoms with E-state index in [1.165, 1.54) is 12.1 Å². The summed E-state index contributed by atoms with van der Waals surface area (Å²) in [7, 11) is 0. The SMILES string of the molecule is O=C(N[C@@H]1COc2ccc(F)cc21)c1n[nH]c2ccccc12. The lowest BCUT2D eigenvalue weighted by atomic mass is 10.1. The van der Waals surface area contributed by atoms with Gasteiger partial charge in [0.05, 0.1) is 11.6 Å². The lowest BCUT2D eigenvalue weighted by Gasteiger charge is -2.10. The van der Waals surface area contributed by atoms with Gasteiger partial charge in [-0.25, -0.2) is 4.39 Å². The molecular weight excluding hydrogens is 285 g/mol. The van der Waals surface area contributed by atoms with Crippen molar-refractivity contribution < 1.29 is 13.9 Å². The Morgan fingerprint density at radius 2 is 2.18 bits per heavy atom. The highest BCUT2D eigenvalue weighted by Gasteiger charge is 2.27. The minimum absolute atomic E-state index is 0.285. The van der Waals surface area contributed by atoms with Crippen molar-refractivity contribution in [2.24, 2.45) is 0 Å². The number of fused-ring (bicyclic) bond motifs is 2. The minimum Gasteiger partial charge on any atom is -0.491 e. The molecule has 22 heavy (non-hydrogen) atoms. The van der Waals surface area contributed by atoms with Gasteiger partial charge in [-0.2, -0.15) is 5.10 Å². The van der Waals surface area contributed by atoms with Gasteiger partial charge in [-0.15, -0.1) is 0 Å². The van der Waals surface area contributed by atoms with E-state index in [1.807, 2.05) is 24.3 Å². The Morgan fingerprint density at radius 1 is 1.32 bits per heavy atom. The Hall–Kier alpha value is -2.89. The monoisotopic (exact) mass is 297 g/mol. The van der Waals surface area contributed by atoms with Crippen LogP contribution in [0.3, 0.4) is 0 Å². The maximum Gasteiger partial charge on any atom is 0.273 e. The summed E-state index contributed by atoms with van der Waals surface area (Å²) in [6.45, 7) is 0.285. The first kappa shape index (κ1) is 12.8. The molecule has 0 saturated heterocycles. The predicted molar refractivity (Wildman–Crippen MR) is 78.2 cm³/mol. The van der Waals surface area contributed by atoms with Gasteiger partial charge < -0.3 is 10.1 Å². The number of carbonyl (C=O) groups is 1. The van der Waals surface area contributed by atoms with Crippen molar-refractivity contribution in [3.63, 3.8) is 0 Å². The number of hydrogen-bond acceptors (Lipinski definition) is 3. The van der Waals surface area contributed by atoms with Crippen LogP contribution < -0.4 is 10.1 Å². The molecule has 1 aliphatic heterocycles. The second-order valence-electron chi connectivity index (χ2n) is 5.14. The van der Waals surface area contributed by atoms with Crippen molar-refractivity contribution >= 4 is 16.8 Å². The molecule has 6 heteroatoms. The van der Waals surface area contributed by atoms with Gasteiger partial charge in [-0.05, 0) is 24.3 Å². The van der Waals surface area contributed by atoms with Crippen LogP contribution in [0.1, 0.15) is 22.1 Å². The van der Waals surface area contributed by atoms with Crippen LogP contribution in [0.4, 0.5) is 4.39 Å². The molecule has 110 valence electrons. The Kier molecular flexibility index (Phi) is 2.82. The van der Waals surface area contributed by atoms with Crippen LogP contribution in [0.5, 0.6) is 5.75 Å². The highest BCUT2D eigenvalue weighted by molar-refractivity contribution is 6.04. The van der Waals surface area contributed by atoms with Crippen LogP contribution in [-0.2, 0) is 0 Å². The number of aromatic amines is 1. The van der Waals surface area contributed by atoms with Crippen LogP contribution in [0.15, 0.2) is 42.5 Å². The maximum absolute atomic E-state index is 13.4. The third-order valence-electron chi connectivity index (χ3n) is 3.74. The zero-order chi connectivity index (χ0) is 15.1. The van der Waals surface area contributed by atoms with Gasteiger partial charge in [0.1, 0.15) is 18.2 Å². The largest absolute Gasteiger partial charge is 0.491 e. The van der Waals surface area contributed by atoms with Crippen molar-refractivity contribution in [3.8, 4) is 5.75 Å². The minimum atomic E-state index is -0.381. The standard InChI is InChI=1S/C16H12FN3O2/c17-9-5-6-14-11(7-9)13(8-22-14)18-16(21)15-10-3-1-2-4-12(10)19-20-15/h1-7,13H,8H2,(H,18,21)(H,19,20)/t13-/m1/s1. The summed E-state index contributed by atoms with van der Waals surface area (Å²) >= 11 is 0. The highest BCUT2D eigenvalue weighted by Crippen LogP contribution is 2.33. The zero-order valence-electron chi connectivity index (χ0n) is 11.5. The van der Waals surface area contributed by atoms with Crippen LogP contribution in [0.25, 0.3) is 10.9 Å². The normalized spacial score (nSPS) is 16.3. The summed E-state index contributed by atoms with van der Waals surface area (Å²) < 4.78 is 18.8. The molecule has 4 rings (SSSR count). The van der Waals surface area contributed by atoms with Gasteiger partial charge in [0.2, 0.25) is 0 Å². The quantitative estimate of drug-likeness (QED) is 0.764. The number of amides is 1. The number of halogens is 1. The molecule has 3 aromatic rings. The summed E-state index contributed by atoms with van der Waals surface area (Å²) in [6.07, 6.45) is 0. The lowest BCUT2D eigenvalue weighted by Crippen LogP contribution is -2.29. The van der Waals surface area contributed by atoms with E-state index in [1.54, 1.807) is 6.07 Å². The molecule has 0 fully saturated rings. The molecule has 2 heterocycles. The van der Waals surface area contributed by atoms with Crippen LogP contribution >= 0.6 is 0 Å². The van der Waals surface area contributed by atoms with E-state index in [0.717, 1.165) is 10.9 Å². The van der Waals surface area contributed by atoms with Gasteiger partial charge in [0, 0.05) is 10.9 Å². The van der Waals surface area contributed by atoms with Crippen LogP contribution in [0, 0.1) is 5.82 Å². The Bertz CT molecular complexity index is 875. The van der Waals surface area contributed by atoms with Gasteiger partial charge in [0.15, 0.2) is 5.69 Å². The second-order valence-corrected chi connectivity index (χ2v) is 5.14. The molecule has 0 radical (unpaired) electrons. The average molecular weight is 297 g/mol. The van der Waals surface area contributed by atoms with E-state index in [0.29, 0.717) is 17.0 Å². The number of benzene rings is 2. The number of carbonyl (C=O) groups excluding carboxylic acids is 1. The molecule has 0 unspecified atom stereocenters. The third kappa shape index (κ3) is 2.00. The van der Waals surface area contributed by atoms with E-state index in [4.69, 9.17) is 4.74 Å². The third-order valence-corrected chi connectivity index (χ3v) is 3.74. The van der Waals surface area contributed by atoms with Crippen molar-refractivity contribution in [2.75, 3.05) is 6.61 Å². The molecule has 1 amide bonds. The smallest absolute Gasteiger partial charge is 0.273 e. The molecule has 5 nitrogen and oxygen atoms in total. The first-order chi connectivity index (χ1) is 10.7. The van der Waals surface area contributed by atoms with Crippen LogP contribution in [0.2, 0.25) is 0 Å². The number of rotatable bonds is 2. The Balaban J connectivity index is 1.63. The summed E-state index contributed by atoms with van der Waals surface area (Å²) in [5.74, 6) is -0.0736. The molecular formula is C16H12FN3O2. The molecule has 0 saturated carbocycles. The number of hydrogen-bond donors (Lipinski definition) is 2. The fourth-order valence-electron chi connectivity index (χ4n) is 2.67. The molecule has 0 aliphatic carbocycles. The van der Waals surface area contributed by atoms with Gasteiger partial charge in [0.25, 0.3) is 5.91 Å². The average Bonchev–Trinajstić information content (AvgIpc) is 3.11. The van der Waals surface area contributed by atoms with Crippen molar-refractivity contribution in [3.05, 3.63) is 59.5 Å². The molecule has 1 aromatic heterocycles. The van der Waals surface area contributed by atoms with E-state index in [-0.39, 0.29) is 24.4 Å². The van der Waals surface area contributed by atoms with Crippen molar-refractivity contribution in [2.45, 2.75) is 6.04 Å². The summed E-state index contributed by atoms with van der Waals surface area (Å²) in [5, 5.41) is 10.5. The van der Waals surface area contributed by atoms with Crippen molar-refractivity contribution in [1.82, 2.24) is 15.5 Å². The Labute approximate surface area is 125 Å². The number of nitrogens with one attached hydrogen (secondary N) is 2. The van der Waals surface area contributed by atoms with Crippen molar-refractivity contribution in [1.29, 1.82) is 0 Å². The first-order valence-corrected chi connectivity index (χ1v) is 6.88. The van der Waals surface area contributed by atoms with E-state index in [9.17, 15) is 9.18 Å². The molecule has 1 aliphatic rings. The van der Waals surface area contributed by atoms with E-state index in [2.05, 4.69) is 15.5 Å². The Morgan fingerprint density at radius 3 is 3.09 bits per heavy atom. The number of nitrogens with zero attached hydrogens (tertiary/aromatic N) is 1. The highest BCUT2D eigenvalue weighted by atomic mass is 19.1. The second kappa shape index (κ2) is 4.84. The number of para-hydroxylation sites is 1. The van der Waals surface area contributed by atoms with Gasteiger partial charge >= 0.3 is 0 Å². The number of aromatic nitrogens is 2. The van der Waals surface area contributed by atoms with Gasteiger partial charge in [-0.3, -0.25) is 9.89 Å². The summed E-state index contributed by atoms with van der Waals surface area (Å²) in [4.78, 5) is 12.4. The molecule has 0 bridgehead atoms. The predicted octanol–water partition coefficient (Wildman–Crippen LogP) is 2.57. The number of ether oxygens (including phenoxy) is 1. The summed E-state index contributed by atoms with van der Waals surface area (Å²) in [6, 6.07) is 11.3. The van der Waals surface area contributed by atoms with Crippen LogP contribution in [-0.4, -0.2) is 22.7 Å². The molecule has 0 spiro atoms. The maximum atomic E-state index is 13.4. The fraction of sp³-hybridized carbons (Fsp3) is 0.125. The molecule has 1 atom stereocenters. The fourth-order valence-corrected chi connectivity index (χ4v) is 2.67. The summed E-state index contributed by atoms with van der Waals surface area (Å²) in [5.41, 5.74) is 1.76. The zero-order valence-corrected chi connectivity index (χ0v) is 11.5. The van der Waals surface area contributed by atoms with E-state index >= 15 is 0 Å².